The van der Waals surface area contributed by atoms with Crippen molar-refractivity contribution in [1.29, 1.82) is 0 Å². The molecule has 4 nitrogen and oxygen atoms in total. The minimum absolute atomic E-state index is 0.0205. The van der Waals surface area contributed by atoms with Gasteiger partial charge >= 0.3 is 0 Å². The van der Waals surface area contributed by atoms with E-state index in [1.54, 1.807) is 29.1 Å². The van der Waals surface area contributed by atoms with Crippen LogP contribution in [0.3, 0.4) is 0 Å². The molecule has 90 valence electrons. The van der Waals surface area contributed by atoms with Crippen molar-refractivity contribution in [2.45, 2.75) is 13.2 Å². The Morgan fingerprint density at radius 3 is 2.94 bits per heavy atom. The molecule has 0 aliphatic rings. The Kier molecular flexibility index (Phi) is 4.01. The average molecular weight is 253 g/mol. The van der Waals surface area contributed by atoms with Crippen LogP contribution in [0, 0.1) is 0 Å². The van der Waals surface area contributed by atoms with E-state index in [1.165, 1.54) is 0 Å². The SMILES string of the molecule is OCc1ccc(OCCn2cccn2)c(Cl)c1. The van der Waals surface area contributed by atoms with Crippen molar-refractivity contribution in [3.63, 3.8) is 0 Å². The largest absolute Gasteiger partial charge is 0.490 e. The van der Waals surface area contributed by atoms with Crippen LogP contribution in [-0.2, 0) is 13.2 Å². The van der Waals surface area contributed by atoms with Crippen molar-refractivity contribution in [3.8, 4) is 5.75 Å². The van der Waals surface area contributed by atoms with E-state index in [-0.39, 0.29) is 6.61 Å². The van der Waals surface area contributed by atoms with E-state index in [0.717, 1.165) is 5.56 Å². The summed E-state index contributed by atoms with van der Waals surface area (Å²) in [7, 11) is 0. The second kappa shape index (κ2) is 5.70. The molecule has 0 radical (unpaired) electrons. The fraction of sp³-hybridized carbons (Fsp3) is 0.250. The monoisotopic (exact) mass is 252 g/mol. The van der Waals surface area contributed by atoms with Gasteiger partial charge in [0.25, 0.3) is 0 Å². The maximum absolute atomic E-state index is 8.94. The quantitative estimate of drug-likeness (QED) is 0.887. The molecule has 0 bridgehead atoms. The van der Waals surface area contributed by atoms with Crippen LogP contribution in [0.2, 0.25) is 5.02 Å². The highest BCUT2D eigenvalue weighted by Gasteiger charge is 2.02. The van der Waals surface area contributed by atoms with Gasteiger partial charge in [-0.1, -0.05) is 17.7 Å². The number of hydrogen-bond acceptors (Lipinski definition) is 3. The number of halogens is 1. The van der Waals surface area contributed by atoms with E-state index >= 15 is 0 Å². The highest BCUT2D eigenvalue weighted by Crippen LogP contribution is 2.25. The van der Waals surface area contributed by atoms with Gasteiger partial charge in [-0.3, -0.25) is 4.68 Å². The van der Waals surface area contributed by atoms with Crippen molar-refractivity contribution in [2.75, 3.05) is 6.61 Å². The zero-order valence-electron chi connectivity index (χ0n) is 9.21. The molecule has 0 fully saturated rings. The van der Waals surface area contributed by atoms with Gasteiger partial charge in [-0.2, -0.15) is 5.10 Å². The van der Waals surface area contributed by atoms with Gasteiger partial charge in [-0.25, -0.2) is 0 Å². The van der Waals surface area contributed by atoms with Gasteiger partial charge < -0.3 is 9.84 Å². The van der Waals surface area contributed by atoms with Crippen LogP contribution in [0.1, 0.15) is 5.56 Å². The number of ether oxygens (including phenoxy) is 1. The molecule has 0 spiro atoms. The fourth-order valence-electron chi connectivity index (χ4n) is 1.44. The van der Waals surface area contributed by atoms with Crippen molar-refractivity contribution in [3.05, 3.63) is 47.2 Å². The summed E-state index contributed by atoms with van der Waals surface area (Å²) in [6, 6.07) is 7.11. The second-order valence-electron chi connectivity index (χ2n) is 3.54. The summed E-state index contributed by atoms with van der Waals surface area (Å²) in [4.78, 5) is 0. The molecule has 0 atom stereocenters. The van der Waals surface area contributed by atoms with Crippen LogP contribution in [0.25, 0.3) is 0 Å². The highest BCUT2D eigenvalue weighted by atomic mass is 35.5. The molecule has 1 aromatic heterocycles. The van der Waals surface area contributed by atoms with E-state index in [4.69, 9.17) is 21.4 Å². The molecule has 0 aliphatic heterocycles. The van der Waals surface area contributed by atoms with Gasteiger partial charge in [0.2, 0.25) is 0 Å². The van der Waals surface area contributed by atoms with Crippen molar-refractivity contribution < 1.29 is 9.84 Å². The Morgan fingerprint density at radius 2 is 2.29 bits per heavy atom. The Labute approximate surface area is 104 Å². The van der Waals surface area contributed by atoms with E-state index in [0.29, 0.717) is 23.9 Å². The highest BCUT2D eigenvalue weighted by molar-refractivity contribution is 6.32. The number of aliphatic hydroxyl groups excluding tert-OH is 1. The average Bonchev–Trinajstić information content (AvgIpc) is 2.84. The lowest BCUT2D eigenvalue weighted by molar-refractivity contribution is 0.280. The van der Waals surface area contributed by atoms with Gasteiger partial charge in [0.1, 0.15) is 12.4 Å². The summed E-state index contributed by atoms with van der Waals surface area (Å²) < 4.78 is 7.32. The molecule has 5 heteroatoms. The molecule has 2 rings (SSSR count). The lowest BCUT2D eigenvalue weighted by atomic mass is 10.2. The van der Waals surface area contributed by atoms with Crippen molar-refractivity contribution >= 4 is 11.6 Å². The molecule has 0 aliphatic carbocycles. The molecule has 0 saturated carbocycles. The third-order valence-electron chi connectivity index (χ3n) is 2.32. The summed E-state index contributed by atoms with van der Waals surface area (Å²) in [5.41, 5.74) is 0.773. The summed E-state index contributed by atoms with van der Waals surface area (Å²) in [5.74, 6) is 0.621. The number of hydrogen-bond donors (Lipinski definition) is 1. The summed E-state index contributed by atoms with van der Waals surface area (Å²) in [6.45, 7) is 1.15. The topological polar surface area (TPSA) is 47.3 Å². The normalized spacial score (nSPS) is 10.5. The Bertz CT molecular complexity index is 471. The summed E-state index contributed by atoms with van der Waals surface area (Å²) in [5, 5.41) is 13.5. The first-order valence-electron chi connectivity index (χ1n) is 5.29. The smallest absolute Gasteiger partial charge is 0.138 e. The first kappa shape index (κ1) is 12.0. The van der Waals surface area contributed by atoms with Crippen LogP contribution >= 0.6 is 11.6 Å². The first-order valence-corrected chi connectivity index (χ1v) is 5.67. The van der Waals surface area contributed by atoms with Crippen LogP contribution < -0.4 is 4.74 Å². The molecule has 2 aromatic rings. The third kappa shape index (κ3) is 3.22. The lowest BCUT2D eigenvalue weighted by Crippen LogP contribution is -2.08. The minimum Gasteiger partial charge on any atom is -0.490 e. The van der Waals surface area contributed by atoms with Gasteiger partial charge in [0.15, 0.2) is 0 Å². The van der Waals surface area contributed by atoms with Gasteiger partial charge in [-0.05, 0) is 23.8 Å². The van der Waals surface area contributed by atoms with Crippen LogP contribution in [-0.4, -0.2) is 21.5 Å². The maximum atomic E-state index is 8.94. The Balaban J connectivity index is 1.90. The van der Waals surface area contributed by atoms with Crippen molar-refractivity contribution in [2.24, 2.45) is 0 Å². The molecular weight excluding hydrogens is 240 g/mol. The van der Waals surface area contributed by atoms with Crippen LogP contribution in [0.15, 0.2) is 36.7 Å². The summed E-state index contributed by atoms with van der Waals surface area (Å²) >= 11 is 6.01. The second-order valence-corrected chi connectivity index (χ2v) is 3.95. The van der Waals surface area contributed by atoms with E-state index in [1.807, 2.05) is 12.3 Å². The van der Waals surface area contributed by atoms with Gasteiger partial charge in [-0.15, -0.1) is 0 Å². The van der Waals surface area contributed by atoms with E-state index in [2.05, 4.69) is 5.10 Å². The Hall–Kier alpha value is -1.52. The van der Waals surface area contributed by atoms with Crippen LogP contribution in [0.5, 0.6) is 5.75 Å². The molecule has 1 N–H and O–H groups in total. The standard InChI is InChI=1S/C12H13ClN2O2/c13-11-8-10(9-16)2-3-12(11)17-7-6-15-5-1-4-14-15/h1-5,8,16H,6-7,9H2. The number of nitrogens with zero attached hydrogens (tertiary/aromatic N) is 2. The fourth-order valence-corrected chi connectivity index (χ4v) is 1.70. The zero-order valence-corrected chi connectivity index (χ0v) is 9.97. The van der Waals surface area contributed by atoms with Gasteiger partial charge in [0, 0.05) is 12.4 Å². The first-order chi connectivity index (χ1) is 8.29. The number of rotatable bonds is 5. The molecule has 0 saturated heterocycles. The Morgan fingerprint density at radius 1 is 1.41 bits per heavy atom. The molecule has 0 unspecified atom stereocenters. The minimum atomic E-state index is -0.0205. The molecule has 1 heterocycles. The predicted molar refractivity (Wildman–Crippen MR) is 65.1 cm³/mol. The molecular formula is C12H13ClN2O2. The number of benzene rings is 1. The van der Waals surface area contributed by atoms with Crippen molar-refractivity contribution in [1.82, 2.24) is 9.78 Å². The zero-order chi connectivity index (χ0) is 12.1. The van der Waals surface area contributed by atoms with E-state index in [9.17, 15) is 0 Å². The molecule has 17 heavy (non-hydrogen) atoms. The number of aliphatic hydroxyl groups is 1. The predicted octanol–water partition coefficient (Wildman–Crippen LogP) is 2.11. The third-order valence-corrected chi connectivity index (χ3v) is 2.61. The maximum Gasteiger partial charge on any atom is 0.138 e. The van der Waals surface area contributed by atoms with Crippen LogP contribution in [0.4, 0.5) is 0 Å². The van der Waals surface area contributed by atoms with E-state index < -0.39 is 0 Å². The molecule has 1 aromatic carbocycles. The lowest BCUT2D eigenvalue weighted by Gasteiger charge is -2.08. The molecule has 0 amide bonds. The summed E-state index contributed by atoms with van der Waals surface area (Å²) in [6.07, 6.45) is 3.60. The van der Waals surface area contributed by atoms with Gasteiger partial charge in [0.05, 0.1) is 18.2 Å². The number of aromatic nitrogens is 2.